The number of aromatic carboxylic acids is 1. The molecule has 2 heterocycles. The fourth-order valence-electron chi connectivity index (χ4n) is 3.48. The molecule has 0 radical (unpaired) electrons. The van der Waals surface area contributed by atoms with Gasteiger partial charge in [-0.2, -0.15) is 4.98 Å². The first-order valence-electron chi connectivity index (χ1n) is 7.12. The SMILES string of the molecule is O=C(O)c1coc(N2CCC3(CCCCC3)CC2)n1. The lowest BCUT2D eigenvalue weighted by Gasteiger charge is -2.43. The van der Waals surface area contributed by atoms with Crippen molar-refractivity contribution in [3.63, 3.8) is 0 Å². The third kappa shape index (κ3) is 2.46. The second-order valence-corrected chi connectivity index (χ2v) is 5.87. The summed E-state index contributed by atoms with van der Waals surface area (Å²) in [4.78, 5) is 16.9. The normalized spacial score (nSPS) is 22.6. The average Bonchev–Trinajstić information content (AvgIpc) is 2.90. The molecule has 1 aliphatic carbocycles. The molecule has 1 aromatic heterocycles. The van der Waals surface area contributed by atoms with Crippen LogP contribution in [0.25, 0.3) is 0 Å². The van der Waals surface area contributed by atoms with Gasteiger partial charge in [0.15, 0.2) is 5.69 Å². The molecular weight excluding hydrogens is 244 g/mol. The van der Waals surface area contributed by atoms with Crippen LogP contribution in [0.2, 0.25) is 0 Å². The molecule has 1 saturated carbocycles. The van der Waals surface area contributed by atoms with Gasteiger partial charge in [-0.05, 0) is 31.1 Å². The highest BCUT2D eigenvalue weighted by molar-refractivity contribution is 5.85. The Kier molecular flexibility index (Phi) is 3.21. The van der Waals surface area contributed by atoms with Gasteiger partial charge in [-0.25, -0.2) is 4.79 Å². The van der Waals surface area contributed by atoms with Crippen molar-refractivity contribution in [2.45, 2.75) is 44.9 Å². The molecule has 0 bridgehead atoms. The van der Waals surface area contributed by atoms with Gasteiger partial charge < -0.3 is 14.4 Å². The first kappa shape index (κ1) is 12.5. The molecule has 5 nitrogen and oxygen atoms in total. The Morgan fingerprint density at radius 2 is 1.89 bits per heavy atom. The van der Waals surface area contributed by atoms with Crippen LogP contribution < -0.4 is 4.90 Å². The van der Waals surface area contributed by atoms with Crippen LogP contribution in [0.4, 0.5) is 6.01 Å². The first-order valence-corrected chi connectivity index (χ1v) is 7.12. The van der Waals surface area contributed by atoms with Crippen molar-refractivity contribution in [1.82, 2.24) is 4.98 Å². The van der Waals surface area contributed by atoms with Gasteiger partial charge in [0.2, 0.25) is 0 Å². The molecule has 19 heavy (non-hydrogen) atoms. The number of carboxylic acid groups (broad SMARTS) is 1. The van der Waals surface area contributed by atoms with Gasteiger partial charge in [0, 0.05) is 13.1 Å². The smallest absolute Gasteiger partial charge is 0.357 e. The summed E-state index contributed by atoms with van der Waals surface area (Å²) in [5.41, 5.74) is 0.532. The predicted molar refractivity (Wildman–Crippen MR) is 70.4 cm³/mol. The van der Waals surface area contributed by atoms with E-state index >= 15 is 0 Å². The van der Waals surface area contributed by atoms with E-state index in [2.05, 4.69) is 9.88 Å². The highest BCUT2D eigenvalue weighted by Gasteiger charge is 2.36. The maximum absolute atomic E-state index is 10.8. The van der Waals surface area contributed by atoms with Crippen LogP contribution in [-0.2, 0) is 0 Å². The molecule has 0 aromatic carbocycles. The highest BCUT2D eigenvalue weighted by atomic mass is 16.4. The third-order valence-corrected chi connectivity index (χ3v) is 4.72. The molecule has 5 heteroatoms. The number of oxazole rings is 1. The van der Waals surface area contributed by atoms with Crippen LogP contribution in [0, 0.1) is 5.41 Å². The summed E-state index contributed by atoms with van der Waals surface area (Å²) in [6.45, 7) is 1.86. The lowest BCUT2D eigenvalue weighted by molar-refractivity contribution is 0.0690. The van der Waals surface area contributed by atoms with E-state index < -0.39 is 5.97 Å². The van der Waals surface area contributed by atoms with E-state index in [1.807, 2.05) is 0 Å². The van der Waals surface area contributed by atoms with Crippen LogP contribution in [-0.4, -0.2) is 29.1 Å². The third-order valence-electron chi connectivity index (χ3n) is 4.72. The molecule has 1 aromatic rings. The number of aromatic nitrogens is 1. The Balaban J connectivity index is 1.64. The van der Waals surface area contributed by atoms with Crippen LogP contribution in [0.3, 0.4) is 0 Å². The largest absolute Gasteiger partial charge is 0.476 e. The molecule has 0 amide bonds. The molecule has 0 unspecified atom stereocenters. The number of anilines is 1. The summed E-state index contributed by atoms with van der Waals surface area (Å²) in [6.07, 6.45) is 10.4. The maximum Gasteiger partial charge on any atom is 0.357 e. The fraction of sp³-hybridized carbons (Fsp3) is 0.714. The summed E-state index contributed by atoms with van der Waals surface area (Å²) in [5.74, 6) is -1.03. The van der Waals surface area contributed by atoms with E-state index in [0.717, 1.165) is 13.1 Å². The van der Waals surface area contributed by atoms with Gasteiger partial charge in [-0.15, -0.1) is 0 Å². The monoisotopic (exact) mass is 264 g/mol. The predicted octanol–water partition coefficient (Wildman–Crippen LogP) is 2.92. The Bertz CT molecular complexity index is 453. The van der Waals surface area contributed by atoms with E-state index in [1.54, 1.807) is 0 Å². The first-order chi connectivity index (χ1) is 9.19. The standard InChI is InChI=1S/C14H20N2O3/c17-12(18)11-10-19-13(15-11)16-8-6-14(7-9-16)4-2-1-3-5-14/h10H,1-9H2,(H,17,18). The van der Waals surface area contributed by atoms with E-state index in [4.69, 9.17) is 9.52 Å². The molecule has 2 aliphatic rings. The zero-order valence-electron chi connectivity index (χ0n) is 11.1. The number of hydrogen-bond donors (Lipinski definition) is 1. The van der Waals surface area contributed by atoms with E-state index in [-0.39, 0.29) is 5.69 Å². The summed E-state index contributed by atoms with van der Waals surface area (Å²) in [7, 11) is 0. The molecule has 3 rings (SSSR count). The van der Waals surface area contributed by atoms with Crippen molar-refractivity contribution in [3.8, 4) is 0 Å². The molecule has 0 atom stereocenters. The molecule has 2 fully saturated rings. The van der Waals surface area contributed by atoms with Crippen molar-refractivity contribution in [2.24, 2.45) is 5.41 Å². The number of nitrogens with zero attached hydrogens (tertiary/aromatic N) is 2. The van der Waals surface area contributed by atoms with E-state index in [9.17, 15) is 4.79 Å². The summed E-state index contributed by atoms with van der Waals surface area (Å²) >= 11 is 0. The molecule has 1 spiro atoms. The van der Waals surface area contributed by atoms with Crippen LogP contribution in [0.1, 0.15) is 55.4 Å². The summed E-state index contributed by atoms with van der Waals surface area (Å²) in [5, 5.41) is 8.85. The summed E-state index contributed by atoms with van der Waals surface area (Å²) < 4.78 is 5.28. The second-order valence-electron chi connectivity index (χ2n) is 5.87. The summed E-state index contributed by atoms with van der Waals surface area (Å²) in [6, 6.07) is 0.461. The number of carbonyl (C=O) groups is 1. The quantitative estimate of drug-likeness (QED) is 0.889. The highest BCUT2D eigenvalue weighted by Crippen LogP contribution is 2.44. The van der Waals surface area contributed by atoms with Crippen LogP contribution in [0.5, 0.6) is 0 Å². The lowest BCUT2D eigenvalue weighted by Crippen LogP contribution is -2.41. The van der Waals surface area contributed by atoms with Gasteiger partial charge in [-0.3, -0.25) is 0 Å². The Morgan fingerprint density at radius 3 is 2.47 bits per heavy atom. The van der Waals surface area contributed by atoms with E-state index in [1.165, 1.54) is 51.2 Å². The van der Waals surface area contributed by atoms with Gasteiger partial charge >= 0.3 is 5.97 Å². The van der Waals surface area contributed by atoms with Crippen molar-refractivity contribution in [1.29, 1.82) is 0 Å². The molecule has 1 saturated heterocycles. The van der Waals surface area contributed by atoms with Crippen LogP contribution >= 0.6 is 0 Å². The van der Waals surface area contributed by atoms with E-state index in [0.29, 0.717) is 11.4 Å². The minimum absolute atomic E-state index is 0.00652. The van der Waals surface area contributed by atoms with Gasteiger partial charge in [0.25, 0.3) is 6.01 Å². The van der Waals surface area contributed by atoms with Crippen molar-refractivity contribution < 1.29 is 14.3 Å². The molecule has 104 valence electrons. The van der Waals surface area contributed by atoms with Gasteiger partial charge in [0.1, 0.15) is 6.26 Å². The Morgan fingerprint density at radius 1 is 1.21 bits per heavy atom. The van der Waals surface area contributed by atoms with Gasteiger partial charge in [0.05, 0.1) is 0 Å². The topological polar surface area (TPSA) is 66.6 Å². The second kappa shape index (κ2) is 4.87. The maximum atomic E-state index is 10.8. The Hall–Kier alpha value is -1.52. The van der Waals surface area contributed by atoms with Crippen molar-refractivity contribution >= 4 is 12.0 Å². The Labute approximate surface area is 112 Å². The zero-order chi connectivity index (χ0) is 13.3. The number of piperidine rings is 1. The number of carboxylic acids is 1. The number of rotatable bonds is 2. The zero-order valence-corrected chi connectivity index (χ0v) is 11.1. The molecule has 1 aliphatic heterocycles. The van der Waals surface area contributed by atoms with Gasteiger partial charge in [-0.1, -0.05) is 19.3 Å². The minimum atomic E-state index is -1.03. The molecular formula is C14H20N2O3. The fourth-order valence-corrected chi connectivity index (χ4v) is 3.48. The van der Waals surface area contributed by atoms with Crippen molar-refractivity contribution in [3.05, 3.63) is 12.0 Å². The molecule has 1 N–H and O–H groups in total. The minimum Gasteiger partial charge on any atom is -0.476 e. The van der Waals surface area contributed by atoms with Crippen LogP contribution in [0.15, 0.2) is 10.7 Å². The number of hydrogen-bond acceptors (Lipinski definition) is 4. The average molecular weight is 264 g/mol. The lowest BCUT2D eigenvalue weighted by atomic mass is 9.68. The van der Waals surface area contributed by atoms with Crippen molar-refractivity contribution in [2.75, 3.05) is 18.0 Å².